The highest BCUT2D eigenvalue weighted by Crippen LogP contribution is 1.96. The molecular weight excluding hydrogens is 218 g/mol. The predicted octanol–water partition coefficient (Wildman–Crippen LogP) is 0.469. The van der Waals surface area contributed by atoms with Crippen molar-refractivity contribution in [2.75, 3.05) is 23.3 Å². The predicted molar refractivity (Wildman–Crippen MR) is 53.8 cm³/mol. The van der Waals surface area contributed by atoms with Crippen molar-refractivity contribution in [3.05, 3.63) is 0 Å². The molecule has 0 bridgehead atoms. The van der Waals surface area contributed by atoms with Crippen molar-refractivity contribution in [3.63, 3.8) is 0 Å². The van der Waals surface area contributed by atoms with E-state index in [0.29, 0.717) is 18.1 Å². The Hall–Kier alpha value is 0.110. The average molecular weight is 228 g/mol. The van der Waals surface area contributed by atoms with Crippen LogP contribution in [0, 0.1) is 12.3 Å². The summed E-state index contributed by atoms with van der Waals surface area (Å²) in [5.74, 6) is 3.71. The summed E-state index contributed by atoms with van der Waals surface area (Å²) in [5.41, 5.74) is 0. The van der Waals surface area contributed by atoms with E-state index in [1.54, 1.807) is 0 Å². The molecule has 0 saturated carbocycles. The molecule has 0 aliphatic rings. The molecule has 0 atom stereocenters. The minimum atomic E-state index is -3.26. The first-order valence-electron chi connectivity index (χ1n) is 3.17. The van der Waals surface area contributed by atoms with Gasteiger partial charge in [0.25, 0.3) is 0 Å². The number of terminal acetylenes is 1. The maximum atomic E-state index is 10.7. The molecule has 0 unspecified atom stereocenters. The Balaban J connectivity index is 3.39. The highest BCUT2D eigenvalue weighted by Gasteiger charge is 2.05. The molecule has 12 heavy (non-hydrogen) atoms. The summed E-state index contributed by atoms with van der Waals surface area (Å²) in [7, 11) is -3.26. The summed E-state index contributed by atoms with van der Waals surface area (Å²) in [6, 6.07) is 0. The first-order valence-corrected chi connectivity index (χ1v) is 6.51. The quantitative estimate of drug-likeness (QED) is 0.408. The highest BCUT2D eigenvalue weighted by atomic mass is 35.5. The fourth-order valence-corrected chi connectivity index (χ4v) is 1.80. The van der Waals surface area contributed by atoms with Crippen molar-refractivity contribution in [3.8, 4) is 12.3 Å². The summed E-state index contributed by atoms with van der Waals surface area (Å²) < 4.78 is 23.8. The van der Waals surface area contributed by atoms with Crippen LogP contribution in [0.2, 0.25) is 0 Å². The van der Waals surface area contributed by atoms with Crippen molar-refractivity contribution >= 4 is 33.4 Å². The Bertz CT molecular complexity index is 245. The van der Waals surface area contributed by atoms with Gasteiger partial charge >= 0.3 is 0 Å². The normalized spacial score (nSPS) is 11.0. The van der Waals surface area contributed by atoms with E-state index in [2.05, 4.69) is 10.6 Å². The lowest BCUT2D eigenvalue weighted by Gasteiger charge is -2.01. The lowest BCUT2D eigenvalue weighted by atomic mass is 10.8. The van der Waals surface area contributed by atoms with Gasteiger partial charge in [-0.15, -0.1) is 29.8 Å². The number of hydrogen-bond acceptors (Lipinski definition) is 3. The molecule has 0 aromatic heterocycles. The van der Waals surface area contributed by atoms with Crippen LogP contribution >= 0.6 is 23.4 Å². The van der Waals surface area contributed by atoms with E-state index >= 15 is 0 Å². The van der Waals surface area contributed by atoms with Crippen molar-refractivity contribution in [2.24, 2.45) is 0 Å². The van der Waals surface area contributed by atoms with E-state index in [-0.39, 0.29) is 0 Å². The molecule has 0 aliphatic heterocycles. The summed E-state index contributed by atoms with van der Waals surface area (Å²) in [5, 5.41) is -0.396. The molecule has 0 aromatic rings. The molecule has 0 saturated heterocycles. The van der Waals surface area contributed by atoms with E-state index in [1.165, 1.54) is 11.8 Å². The van der Waals surface area contributed by atoms with Crippen LogP contribution in [0.25, 0.3) is 0 Å². The number of rotatable bonds is 6. The van der Waals surface area contributed by atoms with Crippen LogP contribution in [0.15, 0.2) is 0 Å². The van der Waals surface area contributed by atoms with Crippen LogP contribution in [0.5, 0.6) is 0 Å². The maximum absolute atomic E-state index is 10.7. The van der Waals surface area contributed by atoms with Crippen LogP contribution in [-0.2, 0) is 10.0 Å². The minimum Gasteiger partial charge on any atom is -0.213 e. The number of hydrogen-bond donors (Lipinski definition) is 1. The van der Waals surface area contributed by atoms with Gasteiger partial charge in [0.2, 0.25) is 10.0 Å². The number of alkyl halides is 1. The SMILES string of the molecule is C#CCSCCNS(=O)(=O)CCl. The van der Waals surface area contributed by atoms with Gasteiger partial charge in [0, 0.05) is 12.3 Å². The molecule has 0 amide bonds. The zero-order chi connectivity index (χ0) is 9.45. The lowest BCUT2D eigenvalue weighted by molar-refractivity contribution is 0.589. The minimum absolute atomic E-state index is 0.376. The van der Waals surface area contributed by atoms with Gasteiger partial charge in [-0.3, -0.25) is 0 Å². The fourth-order valence-electron chi connectivity index (χ4n) is 0.439. The second-order valence-electron chi connectivity index (χ2n) is 1.87. The highest BCUT2D eigenvalue weighted by molar-refractivity contribution is 7.99. The number of sulfonamides is 1. The van der Waals surface area contributed by atoms with E-state index in [0.717, 1.165) is 0 Å². The Kier molecular flexibility index (Phi) is 6.67. The Labute approximate surface area is 82.3 Å². The molecule has 0 heterocycles. The zero-order valence-corrected chi connectivity index (χ0v) is 8.81. The third-order valence-electron chi connectivity index (χ3n) is 0.897. The molecule has 0 fully saturated rings. The molecule has 1 N–H and O–H groups in total. The molecule has 3 nitrogen and oxygen atoms in total. The summed E-state index contributed by atoms with van der Waals surface area (Å²) in [6.07, 6.45) is 4.99. The largest absolute Gasteiger partial charge is 0.225 e. The molecule has 6 heteroatoms. The topological polar surface area (TPSA) is 46.2 Å². The van der Waals surface area contributed by atoms with Crippen LogP contribution in [0.3, 0.4) is 0 Å². The van der Waals surface area contributed by atoms with Gasteiger partial charge in [-0.25, -0.2) is 13.1 Å². The first-order chi connectivity index (χ1) is 5.62. The van der Waals surface area contributed by atoms with Gasteiger partial charge in [-0.1, -0.05) is 5.92 Å². The fraction of sp³-hybridized carbons (Fsp3) is 0.667. The van der Waals surface area contributed by atoms with Crippen LogP contribution in [-0.4, -0.2) is 31.7 Å². The second-order valence-corrected chi connectivity index (χ2v) is 5.37. The third kappa shape index (κ3) is 6.80. The monoisotopic (exact) mass is 227 g/mol. The maximum Gasteiger partial charge on any atom is 0.225 e. The van der Waals surface area contributed by atoms with E-state index in [1.807, 2.05) is 0 Å². The van der Waals surface area contributed by atoms with Gasteiger partial charge in [-0.2, -0.15) is 0 Å². The van der Waals surface area contributed by atoms with Crippen molar-refractivity contribution < 1.29 is 8.42 Å². The van der Waals surface area contributed by atoms with Gasteiger partial charge in [0.05, 0.1) is 5.75 Å². The Morgan fingerprint density at radius 1 is 1.58 bits per heavy atom. The number of thioether (sulfide) groups is 1. The summed E-state index contributed by atoms with van der Waals surface area (Å²) in [4.78, 5) is 0. The Morgan fingerprint density at radius 3 is 2.75 bits per heavy atom. The Morgan fingerprint density at radius 2 is 2.25 bits per heavy atom. The van der Waals surface area contributed by atoms with E-state index < -0.39 is 15.2 Å². The number of nitrogens with one attached hydrogen (secondary N) is 1. The van der Waals surface area contributed by atoms with Crippen LogP contribution in [0.1, 0.15) is 0 Å². The average Bonchev–Trinajstić information content (AvgIpc) is 2.04. The molecular formula is C6H10ClNO2S2. The molecule has 0 radical (unpaired) electrons. The summed E-state index contributed by atoms with van der Waals surface area (Å²) >= 11 is 6.64. The summed E-state index contributed by atoms with van der Waals surface area (Å²) in [6.45, 7) is 0.376. The smallest absolute Gasteiger partial charge is 0.213 e. The van der Waals surface area contributed by atoms with Gasteiger partial charge in [-0.05, 0) is 0 Å². The number of halogens is 1. The van der Waals surface area contributed by atoms with Crippen LogP contribution in [0.4, 0.5) is 0 Å². The van der Waals surface area contributed by atoms with Crippen molar-refractivity contribution in [1.82, 2.24) is 4.72 Å². The van der Waals surface area contributed by atoms with Gasteiger partial charge in [0.1, 0.15) is 5.21 Å². The van der Waals surface area contributed by atoms with Gasteiger partial charge < -0.3 is 0 Å². The van der Waals surface area contributed by atoms with Crippen LogP contribution < -0.4 is 4.72 Å². The molecule has 0 aromatic carbocycles. The molecule has 0 aliphatic carbocycles. The van der Waals surface area contributed by atoms with Crippen molar-refractivity contribution in [1.29, 1.82) is 0 Å². The third-order valence-corrected chi connectivity index (χ3v) is 3.55. The first kappa shape index (κ1) is 12.1. The van der Waals surface area contributed by atoms with Gasteiger partial charge in [0.15, 0.2) is 0 Å². The van der Waals surface area contributed by atoms with Crippen molar-refractivity contribution in [2.45, 2.75) is 0 Å². The lowest BCUT2D eigenvalue weighted by Crippen LogP contribution is -2.26. The second kappa shape index (κ2) is 6.61. The van der Waals surface area contributed by atoms with E-state index in [9.17, 15) is 8.42 Å². The molecule has 0 rings (SSSR count). The zero-order valence-electron chi connectivity index (χ0n) is 6.42. The van der Waals surface area contributed by atoms with E-state index in [4.69, 9.17) is 18.0 Å². The molecule has 70 valence electrons. The molecule has 0 spiro atoms. The standard InChI is InChI=1S/C6H10ClNO2S2/c1-2-4-11-5-3-8-12(9,10)6-7/h1,8H,3-6H2.